The Bertz CT molecular complexity index is 105. The monoisotopic (exact) mass is 143 g/mol. The Morgan fingerprint density at radius 2 is 2.10 bits per heavy atom. The van der Waals surface area contributed by atoms with Gasteiger partial charge in [-0.3, -0.25) is 0 Å². The van der Waals surface area contributed by atoms with Crippen LogP contribution in [0.2, 0.25) is 0 Å². The fourth-order valence-corrected chi connectivity index (χ4v) is 1.62. The van der Waals surface area contributed by atoms with Crippen molar-refractivity contribution < 1.29 is 4.74 Å². The van der Waals surface area contributed by atoms with Crippen LogP contribution >= 0.6 is 0 Å². The Labute approximate surface area is 62.7 Å². The zero-order valence-electron chi connectivity index (χ0n) is 6.84. The molecule has 0 amide bonds. The largest absolute Gasteiger partial charge is 0.380 e. The molecule has 0 aromatic carbocycles. The fourth-order valence-electron chi connectivity index (χ4n) is 1.62. The predicted octanol–water partition coefficient (Wildman–Crippen LogP) is 1.15. The van der Waals surface area contributed by atoms with Crippen molar-refractivity contribution >= 4 is 0 Å². The highest BCUT2D eigenvalue weighted by Crippen LogP contribution is 2.24. The van der Waals surface area contributed by atoms with Gasteiger partial charge in [0.05, 0.1) is 6.10 Å². The van der Waals surface area contributed by atoms with E-state index in [0.29, 0.717) is 6.10 Å². The summed E-state index contributed by atoms with van der Waals surface area (Å²) in [5, 5.41) is 0. The van der Waals surface area contributed by atoms with Crippen molar-refractivity contribution in [2.24, 2.45) is 11.7 Å². The molecular weight excluding hydrogens is 126 g/mol. The average Bonchev–Trinajstić information content (AvgIpc) is 1.94. The normalized spacial score (nSPS) is 41.7. The van der Waals surface area contributed by atoms with E-state index in [-0.39, 0.29) is 6.04 Å². The molecule has 1 saturated carbocycles. The molecule has 2 unspecified atom stereocenters. The predicted molar refractivity (Wildman–Crippen MR) is 41.8 cm³/mol. The van der Waals surface area contributed by atoms with Crippen molar-refractivity contribution in [3.05, 3.63) is 0 Å². The molecule has 2 N–H and O–H groups in total. The van der Waals surface area contributed by atoms with E-state index in [4.69, 9.17) is 10.5 Å². The van der Waals surface area contributed by atoms with Crippen molar-refractivity contribution in [2.75, 3.05) is 7.11 Å². The average molecular weight is 143 g/mol. The molecule has 0 aliphatic heterocycles. The molecule has 0 aromatic heterocycles. The molecule has 1 rings (SSSR count). The zero-order valence-corrected chi connectivity index (χ0v) is 6.84. The molecule has 0 saturated heterocycles. The van der Waals surface area contributed by atoms with Gasteiger partial charge in [0.25, 0.3) is 0 Å². The molecule has 3 atom stereocenters. The highest BCUT2D eigenvalue weighted by atomic mass is 16.5. The maximum absolute atomic E-state index is 5.83. The summed E-state index contributed by atoms with van der Waals surface area (Å²) in [7, 11) is 1.75. The first-order valence-corrected chi connectivity index (χ1v) is 4.02. The van der Waals surface area contributed by atoms with Gasteiger partial charge in [-0.2, -0.15) is 0 Å². The van der Waals surface area contributed by atoms with Crippen LogP contribution in [0.1, 0.15) is 26.2 Å². The maximum Gasteiger partial charge on any atom is 0.0724 e. The van der Waals surface area contributed by atoms with Gasteiger partial charge in [-0.25, -0.2) is 0 Å². The summed E-state index contributed by atoms with van der Waals surface area (Å²) >= 11 is 0. The van der Waals surface area contributed by atoms with Gasteiger partial charge in [0.15, 0.2) is 0 Å². The van der Waals surface area contributed by atoms with E-state index in [2.05, 4.69) is 6.92 Å². The molecule has 0 heterocycles. The summed E-state index contributed by atoms with van der Waals surface area (Å²) in [4.78, 5) is 0. The lowest BCUT2D eigenvalue weighted by atomic mass is 9.85. The van der Waals surface area contributed by atoms with E-state index in [9.17, 15) is 0 Å². The van der Waals surface area contributed by atoms with Crippen molar-refractivity contribution in [2.45, 2.75) is 38.3 Å². The van der Waals surface area contributed by atoms with E-state index in [1.807, 2.05) is 0 Å². The Morgan fingerprint density at radius 3 is 2.60 bits per heavy atom. The number of rotatable bonds is 1. The van der Waals surface area contributed by atoms with Crippen LogP contribution < -0.4 is 5.73 Å². The van der Waals surface area contributed by atoms with Gasteiger partial charge >= 0.3 is 0 Å². The Hall–Kier alpha value is -0.0800. The minimum atomic E-state index is 0.279. The summed E-state index contributed by atoms with van der Waals surface area (Å²) in [6.07, 6.45) is 3.84. The summed E-state index contributed by atoms with van der Waals surface area (Å²) < 4.78 is 5.25. The Kier molecular flexibility index (Phi) is 2.69. The van der Waals surface area contributed by atoms with E-state index in [1.165, 1.54) is 6.42 Å². The van der Waals surface area contributed by atoms with Crippen LogP contribution in [0, 0.1) is 5.92 Å². The van der Waals surface area contributed by atoms with Crippen LogP contribution in [0.25, 0.3) is 0 Å². The fraction of sp³-hybridized carbons (Fsp3) is 1.00. The van der Waals surface area contributed by atoms with E-state index in [0.717, 1.165) is 18.8 Å². The molecular formula is C8H17NO. The molecule has 0 spiro atoms. The highest BCUT2D eigenvalue weighted by Gasteiger charge is 2.25. The van der Waals surface area contributed by atoms with Gasteiger partial charge in [-0.05, 0) is 25.2 Å². The molecule has 2 heteroatoms. The van der Waals surface area contributed by atoms with Gasteiger partial charge in [-0.1, -0.05) is 6.92 Å². The van der Waals surface area contributed by atoms with Crippen molar-refractivity contribution in [1.29, 1.82) is 0 Å². The van der Waals surface area contributed by atoms with Gasteiger partial charge in [-0.15, -0.1) is 0 Å². The second kappa shape index (κ2) is 3.35. The van der Waals surface area contributed by atoms with E-state index in [1.54, 1.807) is 7.11 Å². The van der Waals surface area contributed by atoms with Gasteiger partial charge in [0.2, 0.25) is 0 Å². The van der Waals surface area contributed by atoms with E-state index < -0.39 is 0 Å². The minimum absolute atomic E-state index is 0.279. The first-order chi connectivity index (χ1) is 4.74. The second-order valence-electron chi connectivity index (χ2n) is 3.36. The summed E-state index contributed by atoms with van der Waals surface area (Å²) in [5.41, 5.74) is 5.83. The maximum atomic E-state index is 5.83. The van der Waals surface area contributed by atoms with Crippen LogP contribution in [-0.4, -0.2) is 19.3 Å². The van der Waals surface area contributed by atoms with Crippen molar-refractivity contribution in [3.8, 4) is 0 Å². The third kappa shape index (κ3) is 1.70. The number of methoxy groups -OCH3 is 1. The van der Waals surface area contributed by atoms with Crippen LogP contribution in [0.5, 0.6) is 0 Å². The van der Waals surface area contributed by atoms with E-state index >= 15 is 0 Å². The minimum Gasteiger partial charge on any atom is -0.380 e. The van der Waals surface area contributed by atoms with Crippen LogP contribution in [-0.2, 0) is 4.74 Å². The van der Waals surface area contributed by atoms with Crippen LogP contribution in [0.15, 0.2) is 0 Å². The molecule has 2 nitrogen and oxygen atoms in total. The second-order valence-corrected chi connectivity index (χ2v) is 3.36. The van der Waals surface area contributed by atoms with Crippen LogP contribution in [0.3, 0.4) is 0 Å². The first kappa shape index (κ1) is 8.02. The zero-order chi connectivity index (χ0) is 7.56. The molecule has 10 heavy (non-hydrogen) atoms. The third-order valence-corrected chi connectivity index (χ3v) is 2.41. The highest BCUT2D eigenvalue weighted by molar-refractivity contribution is 4.81. The first-order valence-electron chi connectivity index (χ1n) is 4.02. The topological polar surface area (TPSA) is 35.2 Å². The molecule has 0 radical (unpaired) electrons. The lowest BCUT2D eigenvalue weighted by molar-refractivity contribution is 0.0381. The van der Waals surface area contributed by atoms with Gasteiger partial charge in [0, 0.05) is 13.2 Å². The Balaban J connectivity index is 2.38. The van der Waals surface area contributed by atoms with Crippen LogP contribution in [0.4, 0.5) is 0 Å². The van der Waals surface area contributed by atoms with Crippen molar-refractivity contribution in [3.63, 3.8) is 0 Å². The number of nitrogens with two attached hydrogens (primary N) is 1. The molecule has 1 aliphatic carbocycles. The van der Waals surface area contributed by atoms with Crippen molar-refractivity contribution in [1.82, 2.24) is 0 Å². The van der Waals surface area contributed by atoms with Gasteiger partial charge in [0.1, 0.15) is 0 Å². The molecule has 0 bridgehead atoms. The lowest BCUT2D eigenvalue weighted by Crippen LogP contribution is -2.40. The summed E-state index contributed by atoms with van der Waals surface area (Å²) in [6.45, 7) is 2.26. The molecule has 1 fully saturated rings. The third-order valence-electron chi connectivity index (χ3n) is 2.41. The number of hydrogen-bond donors (Lipinski definition) is 1. The number of hydrogen-bond acceptors (Lipinski definition) is 2. The molecule has 60 valence electrons. The quantitative estimate of drug-likeness (QED) is 0.597. The summed E-state index contributed by atoms with van der Waals surface area (Å²) in [5.74, 6) is 0.796. The summed E-state index contributed by atoms with van der Waals surface area (Å²) in [6, 6.07) is 0.279. The SMILES string of the molecule is CO[C@H]1CC(C)CCC1N. The lowest BCUT2D eigenvalue weighted by Gasteiger charge is -2.31. The smallest absolute Gasteiger partial charge is 0.0724 e. The number of ether oxygens (including phenoxy) is 1. The van der Waals surface area contributed by atoms with Gasteiger partial charge < -0.3 is 10.5 Å². The standard InChI is InChI=1S/C8H17NO/c1-6-3-4-7(9)8(5-6)10-2/h6-8H,3-5,9H2,1-2H3/t6?,7?,8-/m0/s1. The Morgan fingerprint density at radius 1 is 1.40 bits per heavy atom. The molecule has 0 aromatic rings. The molecule has 1 aliphatic rings.